The van der Waals surface area contributed by atoms with E-state index in [9.17, 15) is 14.7 Å². The van der Waals surface area contributed by atoms with Crippen LogP contribution in [0.25, 0.3) is 0 Å². The fourth-order valence-corrected chi connectivity index (χ4v) is 3.44. The maximum atomic E-state index is 12.7. The highest BCUT2D eigenvalue weighted by Gasteiger charge is 2.43. The molecule has 1 fully saturated rings. The minimum atomic E-state index is -1.55. The third kappa shape index (κ3) is 5.81. The molecule has 0 radical (unpaired) electrons. The number of carbonyl (C=O) groups is 2. The Morgan fingerprint density at radius 2 is 1.73 bits per heavy atom. The summed E-state index contributed by atoms with van der Waals surface area (Å²) in [5.74, 6) is 0.122. The van der Waals surface area contributed by atoms with Gasteiger partial charge < -0.3 is 9.84 Å². The van der Waals surface area contributed by atoms with Crippen molar-refractivity contribution < 1.29 is 19.4 Å². The number of carbonyl (C=O) groups excluding carboxylic acids is 2. The van der Waals surface area contributed by atoms with Gasteiger partial charge in [-0.25, -0.2) is 0 Å². The van der Waals surface area contributed by atoms with Gasteiger partial charge in [0.15, 0.2) is 11.6 Å². The first-order valence-corrected chi connectivity index (χ1v) is 8.47. The molecule has 0 aliphatic heterocycles. The Morgan fingerprint density at radius 3 is 2.23 bits per heavy atom. The van der Waals surface area contributed by atoms with Gasteiger partial charge in [0, 0.05) is 18.9 Å². The van der Waals surface area contributed by atoms with E-state index in [4.69, 9.17) is 4.74 Å². The molecule has 1 rings (SSSR count). The van der Waals surface area contributed by atoms with Gasteiger partial charge in [0.2, 0.25) is 0 Å². The fraction of sp³-hybridized carbons (Fsp3) is 0.889. The van der Waals surface area contributed by atoms with Crippen LogP contribution in [0.15, 0.2) is 0 Å². The molecular weight excluding hydrogens is 280 g/mol. The van der Waals surface area contributed by atoms with E-state index >= 15 is 0 Å². The summed E-state index contributed by atoms with van der Waals surface area (Å²) < 4.78 is 4.84. The molecule has 1 aliphatic carbocycles. The van der Waals surface area contributed by atoms with Crippen molar-refractivity contribution in [1.82, 2.24) is 0 Å². The predicted octanol–water partition coefficient (Wildman–Crippen LogP) is 3.30. The Morgan fingerprint density at radius 1 is 1.14 bits per heavy atom. The first-order valence-electron chi connectivity index (χ1n) is 8.47. The van der Waals surface area contributed by atoms with Crippen LogP contribution < -0.4 is 0 Å². The summed E-state index contributed by atoms with van der Waals surface area (Å²) >= 11 is 0. The van der Waals surface area contributed by atoms with Gasteiger partial charge in [-0.05, 0) is 18.8 Å². The van der Waals surface area contributed by atoms with Crippen LogP contribution in [0.3, 0.4) is 0 Å². The van der Waals surface area contributed by atoms with Crippen LogP contribution in [0.4, 0.5) is 0 Å². The molecule has 0 heterocycles. The van der Waals surface area contributed by atoms with Gasteiger partial charge in [-0.2, -0.15) is 0 Å². The molecule has 22 heavy (non-hydrogen) atoms. The Balaban J connectivity index is 2.75. The van der Waals surface area contributed by atoms with E-state index in [0.29, 0.717) is 12.3 Å². The van der Waals surface area contributed by atoms with Crippen LogP contribution in [0, 0.1) is 11.3 Å². The van der Waals surface area contributed by atoms with Gasteiger partial charge in [0.25, 0.3) is 0 Å². The number of ketones is 2. The molecule has 1 aliphatic rings. The number of Topliss-reactive ketones (excluding diaryl/α,β-unsaturated/α-hetero) is 2. The molecule has 0 aromatic carbocycles. The standard InChI is InChI=1S/C18H32O4/c1-17(2,3)16(20)18(21,12-15(19)13-22-4)11-10-14-8-6-5-7-9-14/h14,21H,5-13H2,1-4H3. The van der Waals surface area contributed by atoms with Crippen LogP contribution in [-0.2, 0) is 14.3 Å². The molecule has 1 unspecified atom stereocenters. The molecule has 0 bridgehead atoms. The van der Waals surface area contributed by atoms with Gasteiger partial charge in [-0.3, -0.25) is 9.59 Å². The Hall–Kier alpha value is -0.740. The Labute approximate surface area is 134 Å². The van der Waals surface area contributed by atoms with Crippen LogP contribution >= 0.6 is 0 Å². The summed E-state index contributed by atoms with van der Waals surface area (Å²) in [6.45, 7) is 5.33. The molecule has 0 aromatic rings. The van der Waals surface area contributed by atoms with Crippen molar-refractivity contribution in [2.24, 2.45) is 11.3 Å². The molecule has 0 aromatic heterocycles. The van der Waals surface area contributed by atoms with E-state index in [0.717, 1.165) is 6.42 Å². The molecular formula is C18H32O4. The van der Waals surface area contributed by atoms with Crippen LogP contribution in [0.5, 0.6) is 0 Å². The summed E-state index contributed by atoms with van der Waals surface area (Å²) in [6, 6.07) is 0. The molecule has 0 saturated heterocycles. The predicted molar refractivity (Wildman–Crippen MR) is 86.7 cm³/mol. The van der Waals surface area contributed by atoms with Gasteiger partial charge in [-0.1, -0.05) is 52.9 Å². The molecule has 4 heteroatoms. The average molecular weight is 312 g/mol. The lowest BCUT2D eigenvalue weighted by atomic mass is 9.73. The average Bonchev–Trinajstić information content (AvgIpc) is 2.45. The first-order chi connectivity index (χ1) is 10.2. The smallest absolute Gasteiger partial charge is 0.170 e. The lowest BCUT2D eigenvalue weighted by molar-refractivity contribution is -0.151. The monoisotopic (exact) mass is 312 g/mol. The molecule has 1 saturated carbocycles. The number of rotatable bonds is 8. The summed E-state index contributed by atoms with van der Waals surface area (Å²) in [5, 5.41) is 10.9. The van der Waals surface area contributed by atoms with Crippen molar-refractivity contribution in [3.8, 4) is 0 Å². The largest absolute Gasteiger partial charge is 0.382 e. The van der Waals surface area contributed by atoms with E-state index in [1.54, 1.807) is 20.8 Å². The molecule has 128 valence electrons. The van der Waals surface area contributed by atoms with E-state index < -0.39 is 11.0 Å². The van der Waals surface area contributed by atoms with Crippen molar-refractivity contribution >= 4 is 11.6 Å². The van der Waals surface area contributed by atoms with Gasteiger partial charge in [-0.15, -0.1) is 0 Å². The maximum Gasteiger partial charge on any atom is 0.170 e. The molecule has 1 atom stereocenters. The van der Waals surface area contributed by atoms with Gasteiger partial charge in [0.1, 0.15) is 12.2 Å². The zero-order valence-corrected chi connectivity index (χ0v) is 14.6. The third-order valence-electron chi connectivity index (χ3n) is 4.59. The van der Waals surface area contributed by atoms with Crippen molar-refractivity contribution in [2.45, 2.75) is 77.7 Å². The van der Waals surface area contributed by atoms with E-state index in [-0.39, 0.29) is 24.6 Å². The highest BCUT2D eigenvalue weighted by atomic mass is 16.5. The second kappa shape index (κ2) is 8.21. The fourth-order valence-electron chi connectivity index (χ4n) is 3.44. The van der Waals surface area contributed by atoms with E-state index in [1.165, 1.54) is 39.2 Å². The topological polar surface area (TPSA) is 63.6 Å². The number of methoxy groups -OCH3 is 1. The van der Waals surface area contributed by atoms with Crippen LogP contribution in [-0.4, -0.2) is 36.0 Å². The number of hydrogen-bond acceptors (Lipinski definition) is 4. The van der Waals surface area contributed by atoms with E-state index in [1.807, 2.05) is 0 Å². The van der Waals surface area contributed by atoms with Gasteiger partial charge in [0.05, 0.1) is 0 Å². The molecule has 0 amide bonds. The quantitative estimate of drug-likeness (QED) is 0.747. The maximum absolute atomic E-state index is 12.7. The highest BCUT2D eigenvalue weighted by Crippen LogP contribution is 2.34. The Kier molecular flexibility index (Phi) is 7.20. The minimum absolute atomic E-state index is 0.0524. The summed E-state index contributed by atoms with van der Waals surface area (Å²) in [6.07, 6.45) is 7.16. The zero-order valence-electron chi connectivity index (χ0n) is 14.6. The second-order valence-corrected chi connectivity index (χ2v) is 7.80. The Bertz CT molecular complexity index is 377. The number of ether oxygens (including phenoxy) is 1. The third-order valence-corrected chi connectivity index (χ3v) is 4.59. The minimum Gasteiger partial charge on any atom is -0.382 e. The highest BCUT2D eigenvalue weighted by molar-refractivity contribution is 5.96. The van der Waals surface area contributed by atoms with Crippen LogP contribution in [0.1, 0.15) is 72.1 Å². The van der Waals surface area contributed by atoms with Crippen molar-refractivity contribution in [1.29, 1.82) is 0 Å². The van der Waals surface area contributed by atoms with Crippen molar-refractivity contribution in [3.63, 3.8) is 0 Å². The van der Waals surface area contributed by atoms with Crippen LogP contribution in [0.2, 0.25) is 0 Å². The molecule has 0 spiro atoms. The SMILES string of the molecule is COCC(=O)CC(O)(CCC1CCCCC1)C(=O)C(C)(C)C. The molecule has 1 N–H and O–H groups in total. The lowest BCUT2D eigenvalue weighted by Gasteiger charge is -2.34. The zero-order chi connectivity index (χ0) is 16.8. The lowest BCUT2D eigenvalue weighted by Crippen LogP contribution is -2.47. The summed E-state index contributed by atoms with van der Waals surface area (Å²) in [4.78, 5) is 24.6. The number of aliphatic hydroxyl groups is 1. The number of hydrogen-bond donors (Lipinski definition) is 1. The normalized spacial score (nSPS) is 19.7. The second-order valence-electron chi connectivity index (χ2n) is 7.80. The first kappa shape index (κ1) is 19.3. The van der Waals surface area contributed by atoms with Crippen molar-refractivity contribution in [3.05, 3.63) is 0 Å². The van der Waals surface area contributed by atoms with Gasteiger partial charge >= 0.3 is 0 Å². The van der Waals surface area contributed by atoms with E-state index in [2.05, 4.69) is 0 Å². The summed E-state index contributed by atoms with van der Waals surface area (Å²) in [5.41, 5.74) is -2.21. The summed E-state index contributed by atoms with van der Waals surface area (Å²) in [7, 11) is 1.45. The van der Waals surface area contributed by atoms with Crippen molar-refractivity contribution in [2.75, 3.05) is 13.7 Å². The molecule has 4 nitrogen and oxygen atoms in total.